The minimum atomic E-state index is 1.16. The molecule has 0 spiro atoms. The van der Waals surface area contributed by atoms with E-state index in [2.05, 4.69) is 87.1 Å². The number of aryl methyl sites for hydroxylation is 2. The third-order valence-electron chi connectivity index (χ3n) is 3.01. The van der Waals surface area contributed by atoms with Crippen molar-refractivity contribution in [3.63, 3.8) is 0 Å². The fourth-order valence-corrected chi connectivity index (χ4v) is 2.58. The Balaban J connectivity index is 1.73. The summed E-state index contributed by atoms with van der Waals surface area (Å²) >= 11 is 5.81. The summed E-state index contributed by atoms with van der Waals surface area (Å²) in [6.07, 6.45) is 4.88. The van der Waals surface area contributed by atoms with Crippen LogP contribution in [0.4, 0.5) is 0 Å². The first-order valence-electron chi connectivity index (χ1n) is 6.23. The highest BCUT2D eigenvalue weighted by Crippen LogP contribution is 2.14. The van der Waals surface area contributed by atoms with E-state index in [0.717, 1.165) is 4.47 Å². The zero-order valence-corrected chi connectivity index (χ0v) is 13.9. The van der Waals surface area contributed by atoms with Gasteiger partial charge in [-0.3, -0.25) is 0 Å². The minimum absolute atomic E-state index is 1.16. The van der Waals surface area contributed by atoms with Crippen molar-refractivity contribution in [1.29, 1.82) is 0 Å². The Morgan fingerprint density at radius 3 is 1.67 bits per heavy atom. The fraction of sp³-hybridized carbons (Fsp3) is 0.250. The fourth-order valence-electron chi connectivity index (χ4n) is 1.96. The predicted molar refractivity (Wildman–Crippen MR) is 89.9 cm³/mol. The molecule has 0 aliphatic rings. The third-order valence-corrected chi connectivity index (χ3v) is 4.26. The van der Waals surface area contributed by atoms with E-state index in [0.29, 0.717) is 0 Å². The highest BCUT2D eigenvalue weighted by Gasteiger charge is 1.96. The van der Waals surface area contributed by atoms with Crippen molar-refractivity contribution in [1.82, 2.24) is 0 Å². The minimum Gasteiger partial charge on any atom is -0.0580 e. The van der Waals surface area contributed by atoms with Gasteiger partial charge in [-0.05, 0) is 83.7 Å². The van der Waals surface area contributed by atoms with Gasteiger partial charge in [0.05, 0.1) is 0 Å². The molecule has 18 heavy (non-hydrogen) atoms. The van der Waals surface area contributed by atoms with Crippen LogP contribution in [0, 0.1) is 3.57 Å². The first-order chi connectivity index (χ1) is 8.74. The second-order valence-electron chi connectivity index (χ2n) is 4.46. The SMILES string of the molecule is Brc1ccc(CCCCc2ccc(I)cc2)cc1. The molecule has 2 rings (SSSR count). The average Bonchev–Trinajstić information content (AvgIpc) is 2.39. The molecule has 0 atom stereocenters. The van der Waals surface area contributed by atoms with Crippen LogP contribution in [-0.2, 0) is 12.8 Å². The molecule has 0 aromatic heterocycles. The lowest BCUT2D eigenvalue weighted by Crippen LogP contribution is -1.89. The van der Waals surface area contributed by atoms with Gasteiger partial charge < -0.3 is 0 Å². The van der Waals surface area contributed by atoms with Crippen LogP contribution in [0.25, 0.3) is 0 Å². The lowest BCUT2D eigenvalue weighted by Gasteiger charge is -2.03. The van der Waals surface area contributed by atoms with Gasteiger partial charge in [-0.2, -0.15) is 0 Å². The Hall–Kier alpha value is -0.350. The first kappa shape index (κ1) is 14.1. The van der Waals surface area contributed by atoms with Gasteiger partial charge in [0.15, 0.2) is 0 Å². The van der Waals surface area contributed by atoms with E-state index in [4.69, 9.17) is 0 Å². The van der Waals surface area contributed by atoms with Gasteiger partial charge in [0.2, 0.25) is 0 Å². The van der Waals surface area contributed by atoms with Crippen LogP contribution in [0.1, 0.15) is 24.0 Å². The monoisotopic (exact) mass is 414 g/mol. The smallest absolute Gasteiger partial charge is 0.0175 e. The molecule has 0 saturated carbocycles. The molecule has 0 heterocycles. The van der Waals surface area contributed by atoms with Gasteiger partial charge >= 0.3 is 0 Å². The number of hydrogen-bond acceptors (Lipinski definition) is 0. The maximum atomic E-state index is 3.46. The summed E-state index contributed by atoms with van der Waals surface area (Å²) in [4.78, 5) is 0. The van der Waals surface area contributed by atoms with Crippen molar-refractivity contribution in [2.75, 3.05) is 0 Å². The highest BCUT2D eigenvalue weighted by molar-refractivity contribution is 14.1. The van der Waals surface area contributed by atoms with Crippen LogP contribution >= 0.6 is 38.5 Å². The predicted octanol–water partition coefficient (Wildman–Crippen LogP) is 5.62. The molecule has 0 N–H and O–H groups in total. The van der Waals surface area contributed by atoms with E-state index in [1.807, 2.05) is 0 Å². The quantitative estimate of drug-likeness (QED) is 0.440. The van der Waals surface area contributed by atoms with Crippen molar-refractivity contribution >= 4 is 38.5 Å². The van der Waals surface area contributed by atoms with Gasteiger partial charge in [0.1, 0.15) is 0 Å². The molecule has 2 heteroatoms. The van der Waals surface area contributed by atoms with Crippen molar-refractivity contribution < 1.29 is 0 Å². The van der Waals surface area contributed by atoms with Gasteiger partial charge in [0.25, 0.3) is 0 Å². The molecule has 0 nitrogen and oxygen atoms in total. The van der Waals surface area contributed by atoms with E-state index in [1.165, 1.54) is 40.4 Å². The maximum absolute atomic E-state index is 3.46. The first-order valence-corrected chi connectivity index (χ1v) is 8.10. The highest BCUT2D eigenvalue weighted by atomic mass is 127. The lowest BCUT2D eigenvalue weighted by atomic mass is 10.0. The summed E-state index contributed by atoms with van der Waals surface area (Å²) in [6, 6.07) is 17.5. The molecule has 2 aromatic carbocycles. The van der Waals surface area contributed by atoms with Crippen LogP contribution < -0.4 is 0 Å². The van der Waals surface area contributed by atoms with Crippen LogP contribution in [0.2, 0.25) is 0 Å². The van der Waals surface area contributed by atoms with Gasteiger partial charge in [0, 0.05) is 8.04 Å². The molecular formula is C16H16BrI. The van der Waals surface area contributed by atoms with Crippen molar-refractivity contribution in [3.05, 3.63) is 67.7 Å². The normalized spacial score (nSPS) is 10.6. The summed E-state index contributed by atoms with van der Waals surface area (Å²) in [7, 11) is 0. The molecule has 2 aromatic rings. The summed E-state index contributed by atoms with van der Waals surface area (Å²) in [5.74, 6) is 0. The average molecular weight is 415 g/mol. The molecule has 0 fully saturated rings. The standard InChI is InChI=1S/C16H16BrI/c17-15-9-5-13(6-10-15)3-1-2-4-14-7-11-16(18)12-8-14/h5-12H,1-4H2. The van der Waals surface area contributed by atoms with Crippen LogP contribution in [-0.4, -0.2) is 0 Å². The molecule has 0 aliphatic heterocycles. The second-order valence-corrected chi connectivity index (χ2v) is 6.62. The zero-order valence-electron chi connectivity index (χ0n) is 10.2. The van der Waals surface area contributed by atoms with E-state index in [-0.39, 0.29) is 0 Å². The number of hydrogen-bond donors (Lipinski definition) is 0. The molecular weight excluding hydrogens is 399 g/mol. The summed E-state index contributed by atoms with van der Waals surface area (Å²) in [5.41, 5.74) is 2.88. The molecule has 94 valence electrons. The number of rotatable bonds is 5. The molecule has 0 amide bonds. The van der Waals surface area contributed by atoms with Crippen molar-refractivity contribution in [2.24, 2.45) is 0 Å². The van der Waals surface area contributed by atoms with Crippen molar-refractivity contribution in [2.45, 2.75) is 25.7 Å². The van der Waals surface area contributed by atoms with Crippen molar-refractivity contribution in [3.8, 4) is 0 Å². The molecule has 0 radical (unpaired) electrons. The van der Waals surface area contributed by atoms with Gasteiger partial charge in [-0.15, -0.1) is 0 Å². The summed E-state index contributed by atoms with van der Waals surface area (Å²) in [5, 5.41) is 0. The molecule has 0 aliphatic carbocycles. The molecule has 0 bridgehead atoms. The van der Waals surface area contributed by atoms with Gasteiger partial charge in [-0.25, -0.2) is 0 Å². The number of benzene rings is 2. The van der Waals surface area contributed by atoms with E-state index in [1.54, 1.807) is 0 Å². The number of halogens is 2. The summed E-state index contributed by atoms with van der Waals surface area (Å²) in [6.45, 7) is 0. The Labute approximate surface area is 131 Å². The third kappa shape index (κ3) is 4.73. The second kappa shape index (κ2) is 7.29. The zero-order chi connectivity index (χ0) is 12.8. The Kier molecular flexibility index (Phi) is 5.70. The lowest BCUT2D eigenvalue weighted by molar-refractivity contribution is 0.734. The van der Waals surface area contributed by atoms with Crippen LogP contribution in [0.5, 0.6) is 0 Å². The Morgan fingerprint density at radius 1 is 0.722 bits per heavy atom. The van der Waals surface area contributed by atoms with E-state index < -0.39 is 0 Å². The topological polar surface area (TPSA) is 0 Å². The van der Waals surface area contributed by atoms with Crippen LogP contribution in [0.3, 0.4) is 0 Å². The number of unbranched alkanes of at least 4 members (excludes halogenated alkanes) is 1. The van der Waals surface area contributed by atoms with E-state index >= 15 is 0 Å². The molecule has 0 saturated heterocycles. The summed E-state index contributed by atoms with van der Waals surface area (Å²) < 4.78 is 2.47. The Bertz CT molecular complexity index is 426. The maximum Gasteiger partial charge on any atom is 0.0175 e. The van der Waals surface area contributed by atoms with Gasteiger partial charge in [-0.1, -0.05) is 40.2 Å². The largest absolute Gasteiger partial charge is 0.0580 e. The van der Waals surface area contributed by atoms with E-state index in [9.17, 15) is 0 Å². The van der Waals surface area contributed by atoms with Crippen LogP contribution in [0.15, 0.2) is 53.0 Å². The molecule has 0 unspecified atom stereocenters. The Morgan fingerprint density at radius 2 is 1.17 bits per heavy atom.